The van der Waals surface area contributed by atoms with Crippen molar-refractivity contribution in [1.82, 2.24) is 10.2 Å². The molecule has 2 aliphatic rings. The van der Waals surface area contributed by atoms with Gasteiger partial charge in [0.15, 0.2) is 0 Å². The summed E-state index contributed by atoms with van der Waals surface area (Å²) in [5.74, 6) is 0.535. The van der Waals surface area contributed by atoms with Gasteiger partial charge in [-0.3, -0.25) is 0 Å². The fourth-order valence-electron chi connectivity index (χ4n) is 3.51. The summed E-state index contributed by atoms with van der Waals surface area (Å²) in [5, 5.41) is 8.14. The van der Waals surface area contributed by atoms with E-state index < -0.39 is 0 Å². The molecule has 1 unspecified atom stereocenters. The van der Waals surface area contributed by atoms with Crippen LogP contribution in [-0.4, -0.2) is 23.3 Å². The number of rotatable bonds is 2. The first-order chi connectivity index (χ1) is 9.19. The second kappa shape index (κ2) is 5.12. The first kappa shape index (κ1) is 12.9. The van der Waals surface area contributed by atoms with E-state index in [0.29, 0.717) is 17.3 Å². The molecule has 1 aliphatic carbocycles. The minimum atomic E-state index is -0.185. The minimum absolute atomic E-state index is 0.185. The van der Waals surface area contributed by atoms with Crippen LogP contribution in [0, 0.1) is 5.41 Å². The number of hydrogen-bond donors (Lipinski definition) is 1. The highest BCUT2D eigenvalue weighted by Crippen LogP contribution is 2.44. The van der Waals surface area contributed by atoms with Crippen molar-refractivity contribution in [3.63, 3.8) is 0 Å². The predicted molar refractivity (Wildman–Crippen MR) is 73.9 cm³/mol. The van der Waals surface area contributed by atoms with Gasteiger partial charge in [0.1, 0.15) is 0 Å². The fourth-order valence-corrected chi connectivity index (χ4v) is 3.51. The van der Waals surface area contributed by atoms with Gasteiger partial charge in [-0.25, -0.2) is 0 Å². The fraction of sp³-hybridized carbons (Fsp3) is 0.857. The van der Waals surface area contributed by atoms with E-state index in [2.05, 4.69) is 15.1 Å². The van der Waals surface area contributed by atoms with Crippen LogP contribution in [0.2, 0.25) is 0 Å². The molecule has 2 N–H and O–H groups in total. The molecule has 1 saturated carbocycles. The number of anilines is 1. The summed E-state index contributed by atoms with van der Waals surface area (Å²) >= 11 is 0. The number of hydrogen-bond acceptors (Lipinski definition) is 5. The van der Waals surface area contributed by atoms with Crippen molar-refractivity contribution in [2.75, 3.05) is 18.0 Å². The molecule has 1 spiro atoms. The molecule has 106 valence electrons. The lowest BCUT2D eigenvalue weighted by atomic mass is 9.68. The number of piperidine rings is 1. The lowest BCUT2D eigenvalue weighted by Crippen LogP contribution is -2.41. The van der Waals surface area contributed by atoms with Crippen LogP contribution in [0.15, 0.2) is 4.42 Å². The SMILES string of the molecule is CC(N)c1nnc(N2CCC3(CCCCC3)CC2)o1. The van der Waals surface area contributed by atoms with E-state index in [1.54, 1.807) is 0 Å². The third-order valence-corrected chi connectivity index (χ3v) is 4.83. The predicted octanol–water partition coefficient (Wildman–Crippen LogP) is 2.64. The Morgan fingerprint density at radius 3 is 2.37 bits per heavy atom. The second-order valence-electron chi connectivity index (χ2n) is 6.26. The highest BCUT2D eigenvalue weighted by Gasteiger charge is 2.36. The van der Waals surface area contributed by atoms with E-state index in [1.807, 2.05) is 6.92 Å². The van der Waals surface area contributed by atoms with Crippen LogP contribution in [0.1, 0.15) is 63.8 Å². The van der Waals surface area contributed by atoms with Crippen molar-refractivity contribution in [1.29, 1.82) is 0 Å². The molecule has 3 rings (SSSR count). The summed E-state index contributed by atoms with van der Waals surface area (Å²) in [7, 11) is 0. The third-order valence-electron chi connectivity index (χ3n) is 4.83. The Hall–Kier alpha value is -1.10. The van der Waals surface area contributed by atoms with Crippen LogP contribution in [-0.2, 0) is 0 Å². The van der Waals surface area contributed by atoms with Crippen LogP contribution in [0.4, 0.5) is 6.01 Å². The minimum Gasteiger partial charge on any atom is -0.406 e. The summed E-state index contributed by atoms with van der Waals surface area (Å²) in [6.45, 7) is 3.95. The highest BCUT2D eigenvalue weighted by molar-refractivity contribution is 5.25. The molecule has 5 nitrogen and oxygen atoms in total. The Balaban J connectivity index is 1.62. The van der Waals surface area contributed by atoms with Crippen molar-refractivity contribution in [2.45, 2.75) is 57.9 Å². The molecular formula is C14H24N4O. The Morgan fingerprint density at radius 1 is 1.11 bits per heavy atom. The molecule has 1 aromatic heterocycles. The van der Waals surface area contributed by atoms with Crippen LogP contribution < -0.4 is 10.6 Å². The van der Waals surface area contributed by atoms with Crippen molar-refractivity contribution in [3.05, 3.63) is 5.89 Å². The maximum absolute atomic E-state index is 5.75. The van der Waals surface area contributed by atoms with E-state index >= 15 is 0 Å². The molecule has 2 fully saturated rings. The van der Waals surface area contributed by atoms with Gasteiger partial charge in [0, 0.05) is 13.1 Å². The lowest BCUT2D eigenvalue weighted by molar-refractivity contribution is 0.142. The van der Waals surface area contributed by atoms with Crippen LogP contribution in [0.25, 0.3) is 0 Å². The van der Waals surface area contributed by atoms with Gasteiger partial charge in [0.05, 0.1) is 6.04 Å². The van der Waals surface area contributed by atoms with Gasteiger partial charge in [-0.1, -0.05) is 24.4 Å². The van der Waals surface area contributed by atoms with Gasteiger partial charge in [-0.2, -0.15) is 0 Å². The van der Waals surface area contributed by atoms with E-state index in [1.165, 1.54) is 44.9 Å². The largest absolute Gasteiger partial charge is 0.406 e. The maximum Gasteiger partial charge on any atom is 0.318 e. The zero-order valence-electron chi connectivity index (χ0n) is 11.8. The average molecular weight is 264 g/mol. The van der Waals surface area contributed by atoms with E-state index in [4.69, 9.17) is 10.2 Å². The topological polar surface area (TPSA) is 68.2 Å². The van der Waals surface area contributed by atoms with Gasteiger partial charge in [0.25, 0.3) is 0 Å². The van der Waals surface area contributed by atoms with E-state index in [-0.39, 0.29) is 6.04 Å². The normalized spacial score (nSPS) is 24.6. The molecule has 1 atom stereocenters. The number of aromatic nitrogens is 2. The van der Waals surface area contributed by atoms with Gasteiger partial charge in [-0.05, 0) is 38.0 Å². The van der Waals surface area contributed by atoms with Crippen molar-refractivity contribution < 1.29 is 4.42 Å². The second-order valence-corrected chi connectivity index (χ2v) is 6.26. The smallest absolute Gasteiger partial charge is 0.318 e. The molecule has 0 radical (unpaired) electrons. The lowest BCUT2D eigenvalue weighted by Gasteiger charge is -2.43. The highest BCUT2D eigenvalue weighted by atomic mass is 16.4. The third kappa shape index (κ3) is 2.61. The molecule has 0 amide bonds. The number of nitrogens with two attached hydrogens (primary N) is 1. The monoisotopic (exact) mass is 264 g/mol. The Morgan fingerprint density at radius 2 is 1.79 bits per heavy atom. The molecule has 5 heteroatoms. The molecule has 1 aromatic rings. The maximum atomic E-state index is 5.75. The average Bonchev–Trinajstić information content (AvgIpc) is 2.90. The van der Waals surface area contributed by atoms with Crippen LogP contribution >= 0.6 is 0 Å². The molecular weight excluding hydrogens is 240 g/mol. The first-order valence-electron chi connectivity index (χ1n) is 7.53. The molecule has 0 aromatic carbocycles. The van der Waals surface area contributed by atoms with Gasteiger partial charge in [0.2, 0.25) is 5.89 Å². The summed E-state index contributed by atoms with van der Waals surface area (Å²) in [6, 6.07) is 0.466. The first-order valence-corrected chi connectivity index (χ1v) is 7.53. The van der Waals surface area contributed by atoms with Gasteiger partial charge >= 0.3 is 6.01 Å². The van der Waals surface area contributed by atoms with Crippen molar-refractivity contribution in [3.8, 4) is 0 Å². The zero-order valence-corrected chi connectivity index (χ0v) is 11.8. The Labute approximate surface area is 114 Å². The van der Waals surface area contributed by atoms with Crippen molar-refractivity contribution in [2.24, 2.45) is 11.1 Å². The van der Waals surface area contributed by atoms with Gasteiger partial charge < -0.3 is 15.1 Å². The van der Waals surface area contributed by atoms with Crippen LogP contribution in [0.5, 0.6) is 0 Å². The van der Waals surface area contributed by atoms with E-state index in [0.717, 1.165) is 13.1 Å². The quantitative estimate of drug-likeness (QED) is 0.889. The Bertz CT molecular complexity index is 413. The summed E-state index contributed by atoms with van der Waals surface area (Å²) in [6.07, 6.45) is 9.61. The molecule has 19 heavy (non-hydrogen) atoms. The zero-order chi connectivity index (χ0) is 13.3. The molecule has 1 saturated heterocycles. The summed E-state index contributed by atoms with van der Waals surface area (Å²) in [5.41, 5.74) is 6.36. The molecule has 1 aliphatic heterocycles. The molecule has 2 heterocycles. The van der Waals surface area contributed by atoms with Crippen molar-refractivity contribution >= 4 is 6.01 Å². The summed E-state index contributed by atoms with van der Waals surface area (Å²) < 4.78 is 5.64. The Kier molecular flexibility index (Phi) is 3.48. The van der Waals surface area contributed by atoms with Gasteiger partial charge in [-0.15, -0.1) is 5.10 Å². The number of nitrogens with zero attached hydrogens (tertiary/aromatic N) is 3. The van der Waals surface area contributed by atoms with Crippen LogP contribution in [0.3, 0.4) is 0 Å². The summed E-state index contributed by atoms with van der Waals surface area (Å²) in [4.78, 5) is 2.22. The standard InChI is InChI=1S/C14H24N4O/c1-11(15)12-16-17-13(19-12)18-9-7-14(8-10-18)5-3-2-4-6-14/h11H,2-10,15H2,1H3. The van der Waals surface area contributed by atoms with E-state index in [9.17, 15) is 0 Å². The molecule has 0 bridgehead atoms.